The van der Waals surface area contributed by atoms with E-state index in [9.17, 15) is 13.9 Å². The fraction of sp³-hybridized carbons (Fsp3) is 0.250. The van der Waals surface area contributed by atoms with Crippen LogP contribution in [0.25, 0.3) is 0 Å². The molecule has 3 nitrogen and oxygen atoms in total. The zero-order valence-electron chi connectivity index (χ0n) is 9.48. The molecule has 1 N–H and O–H groups in total. The number of rotatable bonds is 2. The maximum absolute atomic E-state index is 13.5. The summed E-state index contributed by atoms with van der Waals surface area (Å²) < 4.78 is 28.1. The third kappa shape index (κ3) is 2.19. The van der Waals surface area contributed by atoms with Gasteiger partial charge in [-0.1, -0.05) is 0 Å². The average molecular weight is 238 g/mol. The third-order valence-corrected chi connectivity index (χ3v) is 2.59. The zero-order chi connectivity index (χ0) is 12.6. The first kappa shape index (κ1) is 11.7. The van der Waals surface area contributed by atoms with E-state index in [2.05, 4.69) is 5.10 Å². The summed E-state index contributed by atoms with van der Waals surface area (Å²) in [5.74, 6) is -1.40. The second-order valence-electron chi connectivity index (χ2n) is 3.94. The molecule has 2 rings (SSSR count). The summed E-state index contributed by atoms with van der Waals surface area (Å²) >= 11 is 0. The lowest BCUT2D eigenvalue weighted by molar-refractivity contribution is 0.208. The predicted octanol–water partition coefficient (Wildman–Crippen LogP) is 2.09. The molecule has 17 heavy (non-hydrogen) atoms. The fourth-order valence-electron chi connectivity index (χ4n) is 1.63. The first-order valence-corrected chi connectivity index (χ1v) is 5.12. The molecule has 1 aromatic carbocycles. The van der Waals surface area contributed by atoms with Gasteiger partial charge in [0.1, 0.15) is 17.7 Å². The van der Waals surface area contributed by atoms with Gasteiger partial charge in [-0.25, -0.2) is 8.78 Å². The van der Waals surface area contributed by atoms with Crippen LogP contribution in [0.2, 0.25) is 0 Å². The lowest BCUT2D eigenvalue weighted by Crippen LogP contribution is -2.05. The second kappa shape index (κ2) is 4.25. The number of aryl methyl sites for hydroxylation is 2. The molecule has 1 unspecified atom stereocenters. The summed E-state index contributed by atoms with van der Waals surface area (Å²) in [5.41, 5.74) is 0.649. The molecular formula is C12H12F2N2O. The van der Waals surface area contributed by atoms with E-state index in [1.54, 1.807) is 19.3 Å². The molecule has 90 valence electrons. The number of aliphatic hydroxyl groups is 1. The molecule has 0 fully saturated rings. The SMILES string of the molecule is Cc1cc(C(O)c2ccn(C)n2)c(F)cc1F. The van der Waals surface area contributed by atoms with Crippen LogP contribution in [0.5, 0.6) is 0 Å². The minimum absolute atomic E-state index is 0.0302. The number of aliphatic hydroxyl groups excluding tert-OH is 1. The highest BCUT2D eigenvalue weighted by Gasteiger charge is 2.18. The van der Waals surface area contributed by atoms with E-state index in [0.717, 1.165) is 6.07 Å². The molecule has 5 heteroatoms. The van der Waals surface area contributed by atoms with Crippen LogP contribution in [0.4, 0.5) is 8.78 Å². The molecule has 0 aliphatic heterocycles. The smallest absolute Gasteiger partial charge is 0.132 e. The van der Waals surface area contributed by atoms with Gasteiger partial charge in [-0.05, 0) is 24.6 Å². The van der Waals surface area contributed by atoms with Crippen LogP contribution in [-0.4, -0.2) is 14.9 Å². The van der Waals surface area contributed by atoms with Crippen LogP contribution in [0, 0.1) is 18.6 Å². The molecule has 0 aliphatic rings. The highest BCUT2D eigenvalue weighted by molar-refractivity contribution is 5.31. The van der Waals surface area contributed by atoms with Crippen molar-refractivity contribution < 1.29 is 13.9 Å². The van der Waals surface area contributed by atoms with Gasteiger partial charge in [0, 0.05) is 24.9 Å². The average Bonchev–Trinajstić information content (AvgIpc) is 2.69. The van der Waals surface area contributed by atoms with Crippen molar-refractivity contribution in [2.45, 2.75) is 13.0 Å². The summed E-state index contributed by atoms with van der Waals surface area (Å²) in [6.45, 7) is 1.52. The van der Waals surface area contributed by atoms with E-state index in [4.69, 9.17) is 0 Å². The summed E-state index contributed by atoms with van der Waals surface area (Å²) in [7, 11) is 1.70. The number of hydrogen-bond donors (Lipinski definition) is 1. The van der Waals surface area contributed by atoms with Gasteiger partial charge in [-0.3, -0.25) is 4.68 Å². The molecule has 2 aromatic rings. The number of hydrogen-bond acceptors (Lipinski definition) is 2. The Morgan fingerprint density at radius 2 is 2.00 bits per heavy atom. The van der Waals surface area contributed by atoms with E-state index in [1.807, 2.05) is 0 Å². The molecule has 0 bridgehead atoms. The Kier molecular flexibility index (Phi) is 2.93. The zero-order valence-corrected chi connectivity index (χ0v) is 9.48. The Hall–Kier alpha value is -1.75. The maximum Gasteiger partial charge on any atom is 0.132 e. The van der Waals surface area contributed by atoms with Gasteiger partial charge in [0.25, 0.3) is 0 Å². The molecule has 0 saturated heterocycles. The van der Waals surface area contributed by atoms with E-state index in [0.29, 0.717) is 5.69 Å². The molecule has 0 spiro atoms. The topological polar surface area (TPSA) is 38.0 Å². The number of nitrogens with zero attached hydrogens (tertiary/aromatic N) is 2. The van der Waals surface area contributed by atoms with Gasteiger partial charge in [-0.2, -0.15) is 5.10 Å². The van der Waals surface area contributed by atoms with Crippen molar-refractivity contribution in [3.8, 4) is 0 Å². The third-order valence-electron chi connectivity index (χ3n) is 2.59. The van der Waals surface area contributed by atoms with Crippen molar-refractivity contribution in [1.29, 1.82) is 0 Å². The Labute approximate surface area is 97.3 Å². The number of benzene rings is 1. The normalized spacial score (nSPS) is 12.8. The van der Waals surface area contributed by atoms with Crippen LogP contribution >= 0.6 is 0 Å². The lowest BCUT2D eigenvalue weighted by atomic mass is 10.0. The first-order valence-electron chi connectivity index (χ1n) is 5.12. The van der Waals surface area contributed by atoms with Gasteiger partial charge in [0.15, 0.2) is 0 Å². The lowest BCUT2D eigenvalue weighted by Gasteiger charge is -2.10. The molecule has 0 radical (unpaired) electrons. The van der Waals surface area contributed by atoms with Crippen LogP contribution in [0.15, 0.2) is 24.4 Å². The fourth-order valence-corrected chi connectivity index (χ4v) is 1.63. The molecule has 1 heterocycles. The quantitative estimate of drug-likeness (QED) is 0.870. The van der Waals surface area contributed by atoms with Crippen molar-refractivity contribution in [3.63, 3.8) is 0 Å². The van der Waals surface area contributed by atoms with Gasteiger partial charge in [-0.15, -0.1) is 0 Å². The largest absolute Gasteiger partial charge is 0.382 e. The highest BCUT2D eigenvalue weighted by atomic mass is 19.1. The Balaban J connectivity index is 2.43. The standard InChI is InChI=1S/C12H12F2N2O/c1-7-5-8(10(14)6-9(7)13)12(17)11-3-4-16(2)15-11/h3-6,12,17H,1-2H3. The summed E-state index contributed by atoms with van der Waals surface area (Å²) in [6, 6.07) is 3.66. The summed E-state index contributed by atoms with van der Waals surface area (Å²) in [5, 5.41) is 13.9. The van der Waals surface area contributed by atoms with Crippen molar-refractivity contribution in [2.75, 3.05) is 0 Å². The first-order chi connectivity index (χ1) is 7.99. The van der Waals surface area contributed by atoms with Crippen molar-refractivity contribution >= 4 is 0 Å². The van der Waals surface area contributed by atoms with E-state index < -0.39 is 17.7 Å². The Morgan fingerprint density at radius 1 is 1.29 bits per heavy atom. The van der Waals surface area contributed by atoms with E-state index >= 15 is 0 Å². The predicted molar refractivity (Wildman–Crippen MR) is 58.4 cm³/mol. The highest BCUT2D eigenvalue weighted by Crippen LogP contribution is 2.25. The van der Waals surface area contributed by atoms with Crippen molar-refractivity contribution in [2.24, 2.45) is 7.05 Å². The van der Waals surface area contributed by atoms with E-state index in [-0.39, 0.29) is 11.1 Å². The van der Waals surface area contributed by atoms with Crippen molar-refractivity contribution in [1.82, 2.24) is 9.78 Å². The van der Waals surface area contributed by atoms with Gasteiger partial charge in [0.05, 0.1) is 5.69 Å². The van der Waals surface area contributed by atoms with Crippen LogP contribution in [-0.2, 0) is 7.05 Å². The monoisotopic (exact) mass is 238 g/mol. The molecular weight excluding hydrogens is 226 g/mol. The van der Waals surface area contributed by atoms with Gasteiger partial charge < -0.3 is 5.11 Å². The minimum Gasteiger partial charge on any atom is -0.382 e. The maximum atomic E-state index is 13.5. The van der Waals surface area contributed by atoms with Gasteiger partial charge >= 0.3 is 0 Å². The second-order valence-corrected chi connectivity index (χ2v) is 3.94. The molecule has 1 aromatic heterocycles. The Morgan fingerprint density at radius 3 is 2.59 bits per heavy atom. The molecule has 0 aliphatic carbocycles. The molecule has 0 saturated carbocycles. The number of aromatic nitrogens is 2. The van der Waals surface area contributed by atoms with Crippen LogP contribution in [0.1, 0.15) is 22.9 Å². The van der Waals surface area contributed by atoms with Gasteiger partial charge in [0.2, 0.25) is 0 Å². The van der Waals surface area contributed by atoms with Crippen LogP contribution < -0.4 is 0 Å². The van der Waals surface area contributed by atoms with E-state index in [1.165, 1.54) is 17.7 Å². The van der Waals surface area contributed by atoms with Crippen LogP contribution in [0.3, 0.4) is 0 Å². The van der Waals surface area contributed by atoms with Crippen molar-refractivity contribution in [3.05, 3.63) is 52.9 Å². The summed E-state index contributed by atoms with van der Waals surface area (Å²) in [6.07, 6.45) is 0.461. The summed E-state index contributed by atoms with van der Waals surface area (Å²) in [4.78, 5) is 0. The number of halogens is 2. The molecule has 0 amide bonds. The molecule has 1 atom stereocenters. The minimum atomic E-state index is -1.18. The Bertz CT molecular complexity index is 551.